The third kappa shape index (κ3) is 3.48. The first-order valence-electron chi connectivity index (χ1n) is 6.41. The average Bonchev–Trinajstić information content (AvgIpc) is 2.75. The average molecular weight is 273 g/mol. The molecule has 1 heterocycles. The Morgan fingerprint density at radius 3 is 2.74 bits per heavy atom. The zero-order valence-corrected chi connectivity index (χ0v) is 10.8. The van der Waals surface area contributed by atoms with E-state index >= 15 is 0 Å². The van der Waals surface area contributed by atoms with Crippen molar-refractivity contribution in [3.05, 3.63) is 35.4 Å². The van der Waals surface area contributed by atoms with Gasteiger partial charge < -0.3 is 10.5 Å². The molecule has 2 nitrogen and oxygen atoms in total. The number of nitrogens with two attached hydrogens (primary N) is 1. The van der Waals surface area contributed by atoms with E-state index in [1.165, 1.54) is 12.1 Å². The molecular formula is C14H18F3NO. The van der Waals surface area contributed by atoms with Gasteiger partial charge in [-0.3, -0.25) is 0 Å². The molecule has 1 aromatic carbocycles. The normalized spacial score (nSPS) is 25.5. The van der Waals surface area contributed by atoms with Crippen molar-refractivity contribution < 1.29 is 17.9 Å². The van der Waals surface area contributed by atoms with Crippen molar-refractivity contribution in [3.8, 4) is 0 Å². The zero-order chi connectivity index (χ0) is 14.0. The van der Waals surface area contributed by atoms with E-state index in [4.69, 9.17) is 10.5 Å². The summed E-state index contributed by atoms with van der Waals surface area (Å²) in [6.45, 7) is 2.64. The Morgan fingerprint density at radius 2 is 2.16 bits per heavy atom. The second-order valence-electron chi connectivity index (χ2n) is 5.09. The quantitative estimate of drug-likeness (QED) is 0.918. The molecule has 0 saturated carbocycles. The van der Waals surface area contributed by atoms with Crippen LogP contribution >= 0.6 is 0 Å². The first kappa shape index (κ1) is 14.3. The minimum atomic E-state index is -4.30. The van der Waals surface area contributed by atoms with E-state index in [1.807, 2.05) is 6.92 Å². The number of hydrogen-bond donors (Lipinski definition) is 1. The van der Waals surface area contributed by atoms with E-state index in [0.717, 1.165) is 12.5 Å². The highest BCUT2D eigenvalue weighted by molar-refractivity contribution is 5.26. The topological polar surface area (TPSA) is 35.2 Å². The van der Waals surface area contributed by atoms with E-state index in [9.17, 15) is 13.2 Å². The van der Waals surface area contributed by atoms with E-state index in [0.29, 0.717) is 18.6 Å². The lowest BCUT2D eigenvalue weighted by Gasteiger charge is -2.22. The lowest BCUT2D eigenvalue weighted by Crippen LogP contribution is -2.36. The van der Waals surface area contributed by atoms with E-state index in [1.54, 1.807) is 6.07 Å². The Labute approximate surface area is 110 Å². The Kier molecular flexibility index (Phi) is 4.16. The molecule has 5 heteroatoms. The summed E-state index contributed by atoms with van der Waals surface area (Å²) in [7, 11) is 0. The lowest BCUT2D eigenvalue weighted by molar-refractivity contribution is -0.137. The van der Waals surface area contributed by atoms with Crippen LogP contribution in [0, 0.1) is 5.92 Å². The molecule has 3 atom stereocenters. The molecule has 3 unspecified atom stereocenters. The molecule has 0 spiro atoms. The molecule has 19 heavy (non-hydrogen) atoms. The zero-order valence-electron chi connectivity index (χ0n) is 10.8. The molecule has 1 aliphatic heterocycles. The van der Waals surface area contributed by atoms with Gasteiger partial charge in [0.1, 0.15) is 0 Å². The van der Waals surface area contributed by atoms with E-state index in [2.05, 4.69) is 0 Å². The van der Waals surface area contributed by atoms with E-state index in [-0.39, 0.29) is 18.1 Å². The van der Waals surface area contributed by atoms with Gasteiger partial charge in [0.2, 0.25) is 0 Å². The lowest BCUT2D eigenvalue weighted by atomic mass is 9.89. The highest BCUT2D eigenvalue weighted by Crippen LogP contribution is 2.30. The van der Waals surface area contributed by atoms with Crippen LogP contribution in [0.2, 0.25) is 0 Å². The molecule has 1 aliphatic rings. The van der Waals surface area contributed by atoms with Crippen molar-refractivity contribution in [2.24, 2.45) is 11.7 Å². The fraction of sp³-hybridized carbons (Fsp3) is 0.571. The maximum absolute atomic E-state index is 12.6. The number of hydrogen-bond acceptors (Lipinski definition) is 2. The van der Waals surface area contributed by atoms with Gasteiger partial charge >= 0.3 is 6.18 Å². The van der Waals surface area contributed by atoms with Gasteiger partial charge in [-0.1, -0.05) is 18.2 Å². The van der Waals surface area contributed by atoms with Crippen LogP contribution < -0.4 is 5.73 Å². The first-order valence-corrected chi connectivity index (χ1v) is 6.41. The summed E-state index contributed by atoms with van der Waals surface area (Å²) in [4.78, 5) is 0. The summed E-state index contributed by atoms with van der Waals surface area (Å²) < 4.78 is 43.3. The van der Waals surface area contributed by atoms with Crippen LogP contribution in [-0.2, 0) is 17.3 Å². The summed E-state index contributed by atoms with van der Waals surface area (Å²) >= 11 is 0. The fourth-order valence-electron chi connectivity index (χ4n) is 2.61. The maximum Gasteiger partial charge on any atom is 0.416 e. The van der Waals surface area contributed by atoms with Crippen molar-refractivity contribution >= 4 is 0 Å². The van der Waals surface area contributed by atoms with Gasteiger partial charge in [-0.2, -0.15) is 13.2 Å². The molecule has 1 saturated heterocycles. The molecule has 0 bridgehead atoms. The van der Waals surface area contributed by atoms with Crippen LogP contribution in [0.1, 0.15) is 24.5 Å². The molecule has 2 rings (SSSR count). The van der Waals surface area contributed by atoms with Gasteiger partial charge in [0, 0.05) is 18.6 Å². The van der Waals surface area contributed by atoms with Crippen molar-refractivity contribution in [1.82, 2.24) is 0 Å². The molecule has 0 aromatic heterocycles. The highest BCUT2D eigenvalue weighted by atomic mass is 19.4. The molecule has 1 fully saturated rings. The number of rotatable bonds is 3. The fourth-order valence-corrected chi connectivity index (χ4v) is 2.61. The second kappa shape index (κ2) is 5.51. The maximum atomic E-state index is 12.6. The molecule has 1 aromatic rings. The van der Waals surface area contributed by atoms with Crippen LogP contribution in [-0.4, -0.2) is 18.8 Å². The van der Waals surface area contributed by atoms with Gasteiger partial charge in [0.15, 0.2) is 0 Å². The van der Waals surface area contributed by atoms with Crippen molar-refractivity contribution in [3.63, 3.8) is 0 Å². The smallest absolute Gasteiger partial charge is 0.378 e. The van der Waals surface area contributed by atoms with Crippen LogP contribution in [0.25, 0.3) is 0 Å². The highest BCUT2D eigenvalue weighted by Gasteiger charge is 2.32. The molecule has 2 N–H and O–H groups in total. The molecular weight excluding hydrogens is 255 g/mol. The molecule has 0 aliphatic carbocycles. The Hall–Kier alpha value is -1.07. The minimum Gasteiger partial charge on any atom is -0.378 e. The van der Waals surface area contributed by atoms with Gasteiger partial charge in [-0.25, -0.2) is 0 Å². The first-order chi connectivity index (χ1) is 8.88. The van der Waals surface area contributed by atoms with Crippen LogP contribution in [0.15, 0.2) is 24.3 Å². The summed E-state index contributed by atoms with van der Waals surface area (Å²) in [6, 6.07) is 5.21. The Balaban J connectivity index is 2.06. The van der Waals surface area contributed by atoms with Gasteiger partial charge in [-0.15, -0.1) is 0 Å². The van der Waals surface area contributed by atoms with Crippen molar-refractivity contribution in [2.45, 2.75) is 38.1 Å². The van der Waals surface area contributed by atoms with Gasteiger partial charge in [0.25, 0.3) is 0 Å². The molecule has 0 radical (unpaired) electrons. The predicted octanol–water partition coefficient (Wildman–Crippen LogP) is 3.00. The van der Waals surface area contributed by atoms with Crippen molar-refractivity contribution in [2.75, 3.05) is 6.61 Å². The predicted molar refractivity (Wildman–Crippen MR) is 66.6 cm³/mol. The number of halogens is 3. The SMILES string of the molecule is CC1OCCC1C(N)Cc1cccc(C(F)(F)F)c1. The molecule has 0 amide bonds. The van der Waals surface area contributed by atoms with Gasteiger partial charge in [0.05, 0.1) is 11.7 Å². The van der Waals surface area contributed by atoms with Crippen LogP contribution in [0.5, 0.6) is 0 Å². The van der Waals surface area contributed by atoms with Gasteiger partial charge in [-0.05, 0) is 31.4 Å². The summed E-state index contributed by atoms with van der Waals surface area (Å²) in [5, 5.41) is 0. The van der Waals surface area contributed by atoms with E-state index < -0.39 is 11.7 Å². The largest absolute Gasteiger partial charge is 0.416 e. The summed E-state index contributed by atoms with van der Waals surface area (Å²) in [5.74, 6) is 0.217. The number of benzene rings is 1. The Morgan fingerprint density at radius 1 is 1.42 bits per heavy atom. The second-order valence-corrected chi connectivity index (χ2v) is 5.09. The number of alkyl halides is 3. The van der Waals surface area contributed by atoms with Crippen molar-refractivity contribution in [1.29, 1.82) is 0 Å². The monoisotopic (exact) mass is 273 g/mol. The summed E-state index contributed by atoms with van der Waals surface area (Å²) in [6.07, 6.45) is -2.89. The Bertz CT molecular complexity index is 433. The third-order valence-electron chi connectivity index (χ3n) is 3.71. The standard InChI is InChI=1S/C14H18F3NO/c1-9-12(5-6-19-9)13(18)8-10-3-2-4-11(7-10)14(15,16)17/h2-4,7,9,12-13H,5-6,8,18H2,1H3. The summed E-state index contributed by atoms with van der Waals surface area (Å²) in [5.41, 5.74) is 6.11. The molecule has 106 valence electrons. The van der Waals surface area contributed by atoms with Crippen LogP contribution in [0.4, 0.5) is 13.2 Å². The number of ether oxygens (including phenoxy) is 1. The van der Waals surface area contributed by atoms with Crippen LogP contribution in [0.3, 0.4) is 0 Å². The minimum absolute atomic E-state index is 0.0841. The third-order valence-corrected chi connectivity index (χ3v) is 3.71.